The summed E-state index contributed by atoms with van der Waals surface area (Å²) in [6.07, 6.45) is 0. The fourth-order valence-corrected chi connectivity index (χ4v) is 3.45. The molecule has 3 rings (SSSR count). The Kier molecular flexibility index (Phi) is 3.97. The van der Waals surface area contributed by atoms with E-state index in [1.807, 2.05) is 6.92 Å². The number of nitrogens with zero attached hydrogens (tertiary/aromatic N) is 2. The Labute approximate surface area is 139 Å². The Morgan fingerprint density at radius 3 is 2.87 bits per heavy atom. The molecule has 8 heteroatoms. The topological polar surface area (TPSA) is 85.1 Å². The molecular weight excluding hydrogens is 338 g/mol. The molecule has 1 amide bonds. The summed E-state index contributed by atoms with van der Waals surface area (Å²) < 4.78 is 0.865. The average molecular weight is 348 g/mol. The van der Waals surface area contributed by atoms with Crippen molar-refractivity contribution in [2.45, 2.75) is 6.92 Å². The largest absolute Gasteiger partial charge is 0.298 e. The van der Waals surface area contributed by atoms with Crippen molar-refractivity contribution in [2.75, 3.05) is 5.32 Å². The molecule has 0 radical (unpaired) electrons. The molecule has 0 aliphatic carbocycles. The summed E-state index contributed by atoms with van der Waals surface area (Å²) in [5.74, 6) is -0.448. The van der Waals surface area contributed by atoms with Gasteiger partial charge in [0.1, 0.15) is 0 Å². The van der Waals surface area contributed by atoms with Crippen molar-refractivity contribution in [3.63, 3.8) is 0 Å². The van der Waals surface area contributed by atoms with E-state index in [2.05, 4.69) is 10.3 Å². The van der Waals surface area contributed by atoms with Gasteiger partial charge in [0, 0.05) is 22.7 Å². The Hall–Kier alpha value is -2.51. The zero-order valence-electron chi connectivity index (χ0n) is 11.9. The van der Waals surface area contributed by atoms with Crippen LogP contribution in [-0.2, 0) is 0 Å². The number of thiazole rings is 1. The van der Waals surface area contributed by atoms with Crippen LogP contribution in [0.2, 0.25) is 5.02 Å². The van der Waals surface area contributed by atoms with Gasteiger partial charge in [-0.05, 0) is 30.7 Å². The minimum atomic E-state index is -0.542. The number of benzene rings is 2. The molecule has 6 nitrogen and oxygen atoms in total. The highest BCUT2D eigenvalue weighted by Gasteiger charge is 2.14. The molecule has 3 aromatic rings. The van der Waals surface area contributed by atoms with E-state index in [9.17, 15) is 14.9 Å². The number of nitro benzene ring substituents is 1. The quantitative estimate of drug-likeness (QED) is 0.561. The predicted molar refractivity (Wildman–Crippen MR) is 90.4 cm³/mol. The number of nitro groups is 1. The maximum Gasteiger partial charge on any atom is 0.270 e. The van der Waals surface area contributed by atoms with Gasteiger partial charge in [0.2, 0.25) is 0 Å². The van der Waals surface area contributed by atoms with Crippen molar-refractivity contribution in [2.24, 2.45) is 0 Å². The van der Waals surface area contributed by atoms with Gasteiger partial charge in [-0.25, -0.2) is 4.98 Å². The number of nitrogens with one attached hydrogen (secondary N) is 1. The van der Waals surface area contributed by atoms with Crippen molar-refractivity contribution >= 4 is 49.9 Å². The Bertz CT molecular complexity index is 939. The summed E-state index contributed by atoms with van der Waals surface area (Å²) in [6, 6.07) is 9.12. The van der Waals surface area contributed by atoms with Gasteiger partial charge >= 0.3 is 0 Å². The lowest BCUT2D eigenvalue weighted by Crippen LogP contribution is -2.11. The van der Waals surface area contributed by atoms with Crippen LogP contribution in [0.1, 0.15) is 15.9 Å². The maximum atomic E-state index is 12.2. The minimum Gasteiger partial charge on any atom is -0.298 e. The number of hydrogen-bond donors (Lipinski definition) is 1. The Morgan fingerprint density at radius 2 is 2.13 bits per heavy atom. The lowest BCUT2D eigenvalue weighted by molar-refractivity contribution is -0.384. The third kappa shape index (κ3) is 3.15. The fraction of sp³-hybridized carbons (Fsp3) is 0.0667. The van der Waals surface area contributed by atoms with E-state index in [4.69, 9.17) is 11.6 Å². The van der Waals surface area contributed by atoms with Gasteiger partial charge in [0.15, 0.2) is 5.13 Å². The van der Waals surface area contributed by atoms with Crippen LogP contribution in [0, 0.1) is 17.0 Å². The molecule has 0 aliphatic rings. The first kappa shape index (κ1) is 15.4. The molecule has 0 unspecified atom stereocenters. The molecule has 1 aromatic heterocycles. The van der Waals surface area contributed by atoms with Crippen LogP contribution >= 0.6 is 22.9 Å². The van der Waals surface area contributed by atoms with E-state index in [0.717, 1.165) is 15.8 Å². The lowest BCUT2D eigenvalue weighted by Gasteiger charge is -2.01. The van der Waals surface area contributed by atoms with Crippen LogP contribution in [0.15, 0.2) is 36.4 Å². The van der Waals surface area contributed by atoms with Gasteiger partial charge in [-0.2, -0.15) is 0 Å². The molecule has 0 spiro atoms. The molecule has 0 saturated carbocycles. The first-order valence-corrected chi connectivity index (χ1v) is 7.76. The number of halogens is 1. The first-order valence-electron chi connectivity index (χ1n) is 6.56. The highest BCUT2D eigenvalue weighted by atomic mass is 35.5. The fourth-order valence-electron chi connectivity index (χ4n) is 2.14. The van der Waals surface area contributed by atoms with Crippen molar-refractivity contribution in [1.29, 1.82) is 0 Å². The van der Waals surface area contributed by atoms with E-state index in [1.54, 1.807) is 12.1 Å². The number of anilines is 1. The molecular formula is C15H10ClN3O3S. The van der Waals surface area contributed by atoms with Crippen molar-refractivity contribution < 1.29 is 9.72 Å². The summed E-state index contributed by atoms with van der Waals surface area (Å²) in [4.78, 5) is 26.8. The second-order valence-corrected chi connectivity index (χ2v) is 6.32. The third-order valence-corrected chi connectivity index (χ3v) is 4.33. The van der Waals surface area contributed by atoms with Crippen LogP contribution in [0.5, 0.6) is 0 Å². The number of carbonyl (C=O) groups excluding carboxylic acids is 1. The number of aromatic nitrogens is 1. The zero-order chi connectivity index (χ0) is 16.6. The van der Waals surface area contributed by atoms with Gasteiger partial charge < -0.3 is 0 Å². The molecule has 2 aromatic carbocycles. The SMILES string of the molecule is Cc1cc(Cl)cc2sc(NC(=O)c3cccc([N+](=O)[O-])c3)nc12. The molecule has 23 heavy (non-hydrogen) atoms. The van der Waals surface area contributed by atoms with Gasteiger partial charge in [-0.3, -0.25) is 20.2 Å². The van der Waals surface area contributed by atoms with E-state index in [-0.39, 0.29) is 11.3 Å². The van der Waals surface area contributed by atoms with Crippen LogP contribution in [0.25, 0.3) is 10.2 Å². The predicted octanol–water partition coefficient (Wildman–Crippen LogP) is 4.42. The zero-order valence-corrected chi connectivity index (χ0v) is 13.4. The number of carbonyl (C=O) groups is 1. The highest BCUT2D eigenvalue weighted by Crippen LogP contribution is 2.31. The lowest BCUT2D eigenvalue weighted by atomic mass is 10.2. The van der Waals surface area contributed by atoms with Crippen LogP contribution < -0.4 is 5.32 Å². The number of fused-ring (bicyclic) bond motifs is 1. The summed E-state index contributed by atoms with van der Waals surface area (Å²) in [5, 5.41) is 14.5. The second-order valence-electron chi connectivity index (χ2n) is 4.85. The summed E-state index contributed by atoms with van der Waals surface area (Å²) in [5.41, 5.74) is 1.76. The number of amides is 1. The number of aryl methyl sites for hydroxylation is 1. The summed E-state index contributed by atoms with van der Waals surface area (Å²) in [7, 11) is 0. The van der Waals surface area contributed by atoms with E-state index < -0.39 is 10.8 Å². The molecule has 1 heterocycles. The minimum absolute atomic E-state index is 0.135. The van der Waals surface area contributed by atoms with Gasteiger partial charge in [-0.1, -0.05) is 29.0 Å². The summed E-state index contributed by atoms with van der Waals surface area (Å²) in [6.45, 7) is 1.89. The highest BCUT2D eigenvalue weighted by molar-refractivity contribution is 7.22. The molecule has 0 saturated heterocycles. The van der Waals surface area contributed by atoms with Crippen LogP contribution in [0.3, 0.4) is 0 Å². The van der Waals surface area contributed by atoms with Crippen LogP contribution in [-0.4, -0.2) is 15.8 Å². The third-order valence-electron chi connectivity index (χ3n) is 3.19. The van der Waals surface area contributed by atoms with Crippen molar-refractivity contribution in [3.8, 4) is 0 Å². The molecule has 0 aliphatic heterocycles. The summed E-state index contributed by atoms with van der Waals surface area (Å²) >= 11 is 7.31. The normalized spacial score (nSPS) is 10.7. The van der Waals surface area contributed by atoms with Crippen molar-refractivity contribution in [3.05, 3.63) is 62.7 Å². The van der Waals surface area contributed by atoms with Crippen LogP contribution in [0.4, 0.5) is 10.8 Å². The molecule has 0 atom stereocenters. The maximum absolute atomic E-state index is 12.2. The molecule has 0 bridgehead atoms. The monoisotopic (exact) mass is 347 g/mol. The van der Waals surface area contributed by atoms with E-state index in [0.29, 0.717) is 10.2 Å². The van der Waals surface area contributed by atoms with Gasteiger partial charge in [0.25, 0.3) is 11.6 Å². The van der Waals surface area contributed by atoms with Gasteiger partial charge in [-0.15, -0.1) is 0 Å². The standard InChI is InChI=1S/C15H10ClN3O3S/c1-8-5-10(16)7-12-13(8)17-15(23-12)18-14(20)9-3-2-4-11(6-9)19(21)22/h2-7H,1H3,(H,17,18,20). The van der Waals surface area contributed by atoms with Gasteiger partial charge in [0.05, 0.1) is 15.1 Å². The molecule has 116 valence electrons. The number of non-ortho nitro benzene ring substituents is 1. The number of hydrogen-bond acceptors (Lipinski definition) is 5. The van der Waals surface area contributed by atoms with E-state index >= 15 is 0 Å². The average Bonchev–Trinajstić information content (AvgIpc) is 2.90. The number of rotatable bonds is 3. The first-order chi connectivity index (χ1) is 10.9. The Morgan fingerprint density at radius 1 is 1.35 bits per heavy atom. The second kappa shape index (κ2) is 5.94. The van der Waals surface area contributed by atoms with E-state index in [1.165, 1.54) is 35.6 Å². The molecule has 1 N–H and O–H groups in total. The Balaban J connectivity index is 1.90. The molecule has 0 fully saturated rings. The smallest absolute Gasteiger partial charge is 0.270 e. The van der Waals surface area contributed by atoms with Crippen molar-refractivity contribution in [1.82, 2.24) is 4.98 Å².